The zero-order valence-corrected chi connectivity index (χ0v) is 16.6. The molecule has 7 nitrogen and oxygen atoms in total. The van der Waals surface area contributed by atoms with Gasteiger partial charge in [-0.05, 0) is 36.1 Å². The van der Waals surface area contributed by atoms with Crippen molar-refractivity contribution in [2.24, 2.45) is 5.73 Å². The first-order valence-corrected chi connectivity index (χ1v) is 9.54. The Kier molecular flexibility index (Phi) is 6.94. The molecule has 0 aliphatic rings. The molecule has 3 aromatic rings. The van der Waals surface area contributed by atoms with Crippen molar-refractivity contribution in [2.75, 3.05) is 13.2 Å². The summed E-state index contributed by atoms with van der Waals surface area (Å²) in [6, 6.07) is 13.2. The second-order valence-electron chi connectivity index (χ2n) is 7.37. The van der Waals surface area contributed by atoms with E-state index in [9.17, 15) is 23.4 Å². The summed E-state index contributed by atoms with van der Waals surface area (Å²) in [4.78, 5) is 0. The monoisotopic (exact) mass is 436 g/mol. The maximum Gasteiger partial charge on any atom is 0.573 e. The van der Waals surface area contributed by atoms with E-state index >= 15 is 0 Å². The van der Waals surface area contributed by atoms with Crippen LogP contribution in [-0.2, 0) is 13.0 Å². The first kappa shape index (κ1) is 22.7. The van der Waals surface area contributed by atoms with Gasteiger partial charge in [-0.3, -0.25) is 0 Å². The predicted octanol–water partition coefficient (Wildman–Crippen LogP) is 2.51. The number of ether oxygens (including phenoxy) is 1. The lowest BCUT2D eigenvalue weighted by atomic mass is 9.93. The van der Waals surface area contributed by atoms with Crippen LogP contribution in [0, 0.1) is 0 Å². The van der Waals surface area contributed by atoms with Gasteiger partial charge in [-0.1, -0.05) is 41.6 Å². The number of nitrogens with zero attached hydrogens (tertiary/aromatic N) is 3. The fourth-order valence-corrected chi connectivity index (χ4v) is 2.94. The van der Waals surface area contributed by atoms with Crippen LogP contribution in [0.15, 0.2) is 54.7 Å². The van der Waals surface area contributed by atoms with Gasteiger partial charge < -0.3 is 20.7 Å². The van der Waals surface area contributed by atoms with Crippen LogP contribution in [0.3, 0.4) is 0 Å². The van der Waals surface area contributed by atoms with Crippen LogP contribution in [0.1, 0.15) is 17.5 Å². The highest BCUT2D eigenvalue weighted by Gasteiger charge is 2.31. The molecule has 0 saturated carbocycles. The number of benzene rings is 2. The first-order chi connectivity index (χ1) is 14.7. The number of halogens is 3. The SMILES string of the molecule is NC(CO)(CO)CCc1ccc(-c2cn(Cc3ccc(OC(F)(F)F)cc3)nn2)cc1. The van der Waals surface area contributed by atoms with Crippen molar-refractivity contribution in [3.05, 3.63) is 65.9 Å². The van der Waals surface area contributed by atoms with Crippen molar-refractivity contribution in [1.82, 2.24) is 15.0 Å². The Morgan fingerprint density at radius 3 is 2.13 bits per heavy atom. The van der Waals surface area contributed by atoms with Crippen molar-refractivity contribution >= 4 is 0 Å². The summed E-state index contributed by atoms with van der Waals surface area (Å²) in [5, 5.41) is 26.7. The summed E-state index contributed by atoms with van der Waals surface area (Å²) < 4.78 is 42.2. The molecule has 3 rings (SSSR count). The number of nitrogens with two attached hydrogens (primary N) is 1. The topological polar surface area (TPSA) is 106 Å². The zero-order valence-electron chi connectivity index (χ0n) is 16.6. The van der Waals surface area contributed by atoms with Crippen LogP contribution in [-0.4, -0.2) is 50.3 Å². The van der Waals surface area contributed by atoms with E-state index in [1.54, 1.807) is 10.9 Å². The highest BCUT2D eigenvalue weighted by molar-refractivity contribution is 5.58. The van der Waals surface area contributed by atoms with Gasteiger partial charge in [-0.2, -0.15) is 0 Å². The number of aliphatic hydroxyl groups excluding tert-OH is 2. The Morgan fingerprint density at radius 1 is 0.935 bits per heavy atom. The summed E-state index contributed by atoms with van der Waals surface area (Å²) in [6.07, 6.45) is -1.92. The van der Waals surface area contributed by atoms with Crippen LogP contribution in [0.2, 0.25) is 0 Å². The fourth-order valence-electron chi connectivity index (χ4n) is 2.94. The number of hydrogen-bond donors (Lipinski definition) is 3. The molecule has 0 spiro atoms. The number of aromatic nitrogens is 3. The van der Waals surface area contributed by atoms with Crippen molar-refractivity contribution in [1.29, 1.82) is 0 Å². The lowest BCUT2D eigenvalue weighted by Crippen LogP contribution is -2.47. The van der Waals surface area contributed by atoms with E-state index in [2.05, 4.69) is 15.0 Å². The number of rotatable bonds is 9. The quantitative estimate of drug-likeness (QED) is 0.476. The maximum absolute atomic E-state index is 12.2. The Balaban J connectivity index is 1.60. The first-order valence-electron chi connectivity index (χ1n) is 9.54. The molecule has 1 heterocycles. The lowest BCUT2D eigenvalue weighted by molar-refractivity contribution is -0.274. The van der Waals surface area contributed by atoms with E-state index in [0.29, 0.717) is 25.1 Å². The second kappa shape index (κ2) is 9.46. The van der Waals surface area contributed by atoms with Gasteiger partial charge >= 0.3 is 6.36 Å². The maximum atomic E-state index is 12.2. The summed E-state index contributed by atoms with van der Waals surface area (Å²) in [7, 11) is 0. The number of aliphatic hydroxyl groups is 2. The van der Waals surface area contributed by atoms with Crippen molar-refractivity contribution in [2.45, 2.75) is 31.3 Å². The van der Waals surface area contributed by atoms with Gasteiger partial charge in [0.15, 0.2) is 0 Å². The number of aryl methyl sites for hydroxylation is 1. The predicted molar refractivity (Wildman–Crippen MR) is 107 cm³/mol. The minimum absolute atomic E-state index is 0.277. The summed E-state index contributed by atoms with van der Waals surface area (Å²) in [6.45, 7) is -0.232. The minimum Gasteiger partial charge on any atom is -0.406 e. The van der Waals surface area contributed by atoms with Crippen LogP contribution < -0.4 is 10.5 Å². The standard InChI is InChI=1S/C21H23F3N4O3/c22-21(23,24)31-18-7-3-16(4-8-18)11-28-12-19(26-27-28)17-5-1-15(2-6-17)9-10-20(25,13-29)14-30/h1-8,12,29-30H,9-11,13-14,25H2. The minimum atomic E-state index is -4.72. The zero-order chi connectivity index (χ0) is 22.5. The fraction of sp³-hybridized carbons (Fsp3) is 0.333. The van der Waals surface area contributed by atoms with E-state index < -0.39 is 11.9 Å². The van der Waals surface area contributed by atoms with Gasteiger partial charge in [-0.15, -0.1) is 18.3 Å². The van der Waals surface area contributed by atoms with Crippen molar-refractivity contribution < 1.29 is 28.1 Å². The molecule has 4 N–H and O–H groups in total. The molecule has 1 aromatic heterocycles. The van der Waals surface area contributed by atoms with Crippen molar-refractivity contribution in [3.8, 4) is 17.0 Å². The van der Waals surface area contributed by atoms with Gasteiger partial charge in [0.1, 0.15) is 11.4 Å². The molecule has 0 bridgehead atoms. The van der Waals surface area contributed by atoms with E-state index in [0.717, 1.165) is 16.7 Å². The molecule has 0 saturated heterocycles. The molecular weight excluding hydrogens is 413 g/mol. The normalized spacial score (nSPS) is 12.2. The Labute approximate surface area is 176 Å². The van der Waals surface area contributed by atoms with Gasteiger partial charge in [0, 0.05) is 5.56 Å². The molecular formula is C21H23F3N4O3. The smallest absolute Gasteiger partial charge is 0.406 e. The molecule has 0 fully saturated rings. The third kappa shape index (κ3) is 6.51. The van der Waals surface area contributed by atoms with Gasteiger partial charge in [-0.25, -0.2) is 4.68 Å². The molecule has 0 unspecified atom stereocenters. The average Bonchev–Trinajstić information content (AvgIpc) is 3.21. The lowest BCUT2D eigenvalue weighted by Gasteiger charge is -2.24. The molecule has 0 aliphatic heterocycles. The van der Waals surface area contributed by atoms with E-state index in [4.69, 9.17) is 5.73 Å². The number of alkyl halides is 3. The third-order valence-electron chi connectivity index (χ3n) is 4.83. The van der Waals surface area contributed by atoms with Crippen molar-refractivity contribution in [3.63, 3.8) is 0 Å². The summed E-state index contributed by atoms with van der Waals surface area (Å²) in [5.74, 6) is -0.277. The van der Waals surface area contributed by atoms with Gasteiger partial charge in [0.2, 0.25) is 0 Å². The van der Waals surface area contributed by atoms with Crippen LogP contribution in [0.4, 0.5) is 13.2 Å². The van der Waals surface area contributed by atoms with Gasteiger partial charge in [0.05, 0.1) is 31.5 Å². The van der Waals surface area contributed by atoms with Gasteiger partial charge in [0.25, 0.3) is 0 Å². The van der Waals surface area contributed by atoms with Crippen LogP contribution in [0.25, 0.3) is 11.3 Å². The van der Waals surface area contributed by atoms with Crippen LogP contribution >= 0.6 is 0 Å². The average molecular weight is 436 g/mol. The summed E-state index contributed by atoms with van der Waals surface area (Å²) >= 11 is 0. The highest BCUT2D eigenvalue weighted by Crippen LogP contribution is 2.23. The van der Waals surface area contributed by atoms with Crippen LogP contribution in [0.5, 0.6) is 5.75 Å². The molecule has 2 aromatic carbocycles. The largest absolute Gasteiger partial charge is 0.573 e. The molecule has 0 aliphatic carbocycles. The highest BCUT2D eigenvalue weighted by atomic mass is 19.4. The molecule has 0 radical (unpaired) electrons. The molecule has 31 heavy (non-hydrogen) atoms. The molecule has 0 amide bonds. The number of hydrogen-bond acceptors (Lipinski definition) is 6. The Bertz CT molecular complexity index is 969. The van der Waals surface area contributed by atoms with E-state index in [1.807, 2.05) is 24.3 Å². The molecule has 166 valence electrons. The molecule has 0 atom stereocenters. The third-order valence-corrected chi connectivity index (χ3v) is 4.83. The molecule has 10 heteroatoms. The Morgan fingerprint density at radius 2 is 1.55 bits per heavy atom. The summed E-state index contributed by atoms with van der Waals surface area (Å²) in [5.41, 5.74) is 8.15. The van der Waals surface area contributed by atoms with E-state index in [1.165, 1.54) is 24.3 Å². The Hall–Kier alpha value is -2.95. The second-order valence-corrected chi connectivity index (χ2v) is 7.37. The van der Waals surface area contributed by atoms with E-state index in [-0.39, 0.29) is 19.0 Å².